The topological polar surface area (TPSA) is 25.2 Å². The molecule has 0 radical (unpaired) electrons. The zero-order valence-corrected chi connectivity index (χ0v) is 12.4. The first-order chi connectivity index (χ1) is 8.81. The summed E-state index contributed by atoms with van der Waals surface area (Å²) in [4.78, 5) is 9.16. The number of aliphatic imine (C=N–C) groups is 1. The number of hydrogen-bond donors (Lipinski definition) is 0. The highest BCUT2D eigenvalue weighted by atomic mass is 32.2. The lowest BCUT2D eigenvalue weighted by Crippen LogP contribution is -1.96. The zero-order chi connectivity index (χ0) is 12.4. The molecule has 1 aromatic heterocycles. The fraction of sp³-hybridized carbons (Fsp3) is 0.231. The number of benzene rings is 1. The largest absolute Gasteiger partial charge is 0.246 e. The van der Waals surface area contributed by atoms with Gasteiger partial charge in [0.25, 0.3) is 0 Å². The lowest BCUT2D eigenvalue weighted by atomic mass is 10.2. The molecule has 2 heterocycles. The maximum Gasteiger partial charge on any atom is 0.131 e. The Kier molecular flexibility index (Phi) is 3.72. The Balaban J connectivity index is 1.70. The smallest absolute Gasteiger partial charge is 0.131 e. The first-order valence-electron chi connectivity index (χ1n) is 5.64. The highest BCUT2D eigenvalue weighted by Crippen LogP contribution is 2.35. The molecule has 0 aliphatic carbocycles. The number of nitrogens with zero attached hydrogens (tertiary/aromatic N) is 2. The van der Waals surface area contributed by atoms with E-state index in [9.17, 15) is 0 Å². The Morgan fingerprint density at radius 1 is 1.33 bits per heavy atom. The third kappa shape index (κ3) is 2.79. The van der Waals surface area contributed by atoms with Crippen LogP contribution in [0.15, 0.2) is 34.6 Å². The quantitative estimate of drug-likeness (QED) is 0.807. The number of thioether (sulfide) groups is 2. The van der Waals surface area contributed by atoms with Crippen LogP contribution in [-0.4, -0.2) is 9.36 Å². The summed E-state index contributed by atoms with van der Waals surface area (Å²) in [5, 5.41) is 3.26. The second kappa shape index (κ2) is 5.47. The van der Waals surface area contributed by atoms with E-state index in [4.69, 9.17) is 0 Å². The number of para-hydroxylation sites is 1. The van der Waals surface area contributed by atoms with Crippen molar-refractivity contribution < 1.29 is 0 Å². The fourth-order valence-corrected chi connectivity index (χ4v) is 4.37. The van der Waals surface area contributed by atoms with Gasteiger partial charge in [-0.3, -0.25) is 0 Å². The molecule has 5 heteroatoms. The molecular formula is C13H12N2S3. The summed E-state index contributed by atoms with van der Waals surface area (Å²) >= 11 is 5.31. The normalized spacial score (nSPS) is 14.2. The highest BCUT2D eigenvalue weighted by Gasteiger charge is 2.12. The number of fused-ring (bicyclic) bond motifs is 1. The molecule has 0 saturated carbocycles. The Labute approximate surface area is 119 Å². The van der Waals surface area contributed by atoms with Crippen LogP contribution >= 0.6 is 34.9 Å². The molecule has 2 aromatic rings. The second-order valence-electron chi connectivity index (χ2n) is 3.94. The minimum Gasteiger partial charge on any atom is -0.246 e. The van der Waals surface area contributed by atoms with Gasteiger partial charge in [0.2, 0.25) is 0 Å². The van der Waals surface area contributed by atoms with Crippen LogP contribution in [0, 0.1) is 6.92 Å². The summed E-state index contributed by atoms with van der Waals surface area (Å²) in [6.45, 7) is 2.04. The molecule has 0 saturated heterocycles. The lowest BCUT2D eigenvalue weighted by Gasteiger charge is -2.13. The molecule has 92 valence electrons. The van der Waals surface area contributed by atoms with Crippen LogP contribution in [0.4, 0.5) is 5.69 Å². The number of hydrogen-bond acceptors (Lipinski definition) is 5. The summed E-state index contributed by atoms with van der Waals surface area (Å²) in [5.41, 5.74) is 3.61. The lowest BCUT2D eigenvalue weighted by molar-refractivity contribution is 1.18. The maximum atomic E-state index is 4.69. The Hall–Kier alpha value is -0.780. The highest BCUT2D eigenvalue weighted by molar-refractivity contribution is 8.38. The van der Waals surface area contributed by atoms with E-state index in [2.05, 4.69) is 33.6 Å². The van der Waals surface area contributed by atoms with Gasteiger partial charge in [0.1, 0.15) is 4.38 Å². The molecule has 1 aliphatic rings. The number of thiazole rings is 1. The van der Waals surface area contributed by atoms with E-state index in [0.29, 0.717) is 0 Å². The minimum absolute atomic E-state index is 0.915. The molecule has 0 N–H and O–H groups in total. The van der Waals surface area contributed by atoms with Gasteiger partial charge in [-0.1, -0.05) is 41.7 Å². The maximum absolute atomic E-state index is 4.69. The van der Waals surface area contributed by atoms with Crippen LogP contribution in [0.1, 0.15) is 16.3 Å². The Bertz CT molecular complexity index is 589. The predicted molar refractivity (Wildman–Crippen MR) is 83.0 cm³/mol. The van der Waals surface area contributed by atoms with Crippen molar-refractivity contribution in [1.82, 2.24) is 4.98 Å². The third-order valence-electron chi connectivity index (χ3n) is 2.56. The van der Waals surface area contributed by atoms with E-state index >= 15 is 0 Å². The van der Waals surface area contributed by atoms with Crippen molar-refractivity contribution in [2.75, 3.05) is 0 Å². The predicted octanol–water partition coefficient (Wildman–Crippen LogP) is 4.62. The molecular weight excluding hydrogens is 280 g/mol. The van der Waals surface area contributed by atoms with E-state index in [1.54, 1.807) is 23.1 Å². The molecule has 18 heavy (non-hydrogen) atoms. The molecule has 1 aliphatic heterocycles. The first kappa shape index (κ1) is 12.3. The minimum atomic E-state index is 0.915. The van der Waals surface area contributed by atoms with E-state index in [1.165, 1.54) is 5.56 Å². The molecule has 0 unspecified atom stereocenters. The monoisotopic (exact) mass is 292 g/mol. The van der Waals surface area contributed by atoms with Gasteiger partial charge in [0, 0.05) is 16.9 Å². The van der Waals surface area contributed by atoms with Gasteiger partial charge in [-0.25, -0.2) is 9.98 Å². The van der Waals surface area contributed by atoms with Gasteiger partial charge in [0.05, 0.1) is 16.4 Å². The van der Waals surface area contributed by atoms with Crippen LogP contribution in [0.5, 0.6) is 0 Å². The zero-order valence-electron chi connectivity index (χ0n) is 9.92. The van der Waals surface area contributed by atoms with Crippen molar-refractivity contribution in [3.05, 3.63) is 45.9 Å². The summed E-state index contributed by atoms with van der Waals surface area (Å²) in [7, 11) is 0. The third-order valence-corrected chi connectivity index (χ3v) is 5.67. The summed E-state index contributed by atoms with van der Waals surface area (Å²) in [5.74, 6) is 1.94. The van der Waals surface area contributed by atoms with Crippen LogP contribution in [0.2, 0.25) is 0 Å². The SMILES string of the molecule is Cc1nc(CSC2=Nc3ccccc3CS2)cs1. The van der Waals surface area contributed by atoms with Crippen LogP contribution in [-0.2, 0) is 11.5 Å². The second-order valence-corrected chi connectivity index (χ2v) is 7.19. The number of rotatable bonds is 2. The summed E-state index contributed by atoms with van der Waals surface area (Å²) < 4.78 is 1.15. The van der Waals surface area contributed by atoms with Crippen molar-refractivity contribution in [3.8, 4) is 0 Å². The van der Waals surface area contributed by atoms with Crippen LogP contribution < -0.4 is 0 Å². The van der Waals surface area contributed by atoms with Crippen molar-refractivity contribution >= 4 is 44.9 Å². The average molecular weight is 292 g/mol. The molecule has 0 fully saturated rings. The van der Waals surface area contributed by atoms with Gasteiger partial charge < -0.3 is 0 Å². The molecule has 3 rings (SSSR count). The van der Waals surface area contributed by atoms with Gasteiger partial charge in [-0.05, 0) is 18.6 Å². The first-order valence-corrected chi connectivity index (χ1v) is 8.49. The number of aryl methyl sites for hydroxylation is 1. The molecule has 0 amide bonds. The summed E-state index contributed by atoms with van der Waals surface area (Å²) in [6, 6.07) is 8.36. The molecule has 0 spiro atoms. The Morgan fingerprint density at radius 3 is 3.06 bits per heavy atom. The molecule has 1 aromatic carbocycles. The van der Waals surface area contributed by atoms with Crippen molar-refractivity contribution in [1.29, 1.82) is 0 Å². The van der Waals surface area contributed by atoms with Crippen LogP contribution in [0.25, 0.3) is 0 Å². The molecule has 0 atom stereocenters. The van der Waals surface area contributed by atoms with Gasteiger partial charge in [0.15, 0.2) is 0 Å². The van der Waals surface area contributed by atoms with E-state index in [0.717, 1.165) is 32.3 Å². The van der Waals surface area contributed by atoms with Crippen molar-refractivity contribution in [3.63, 3.8) is 0 Å². The van der Waals surface area contributed by atoms with E-state index in [-0.39, 0.29) is 0 Å². The molecule has 2 nitrogen and oxygen atoms in total. The van der Waals surface area contributed by atoms with E-state index < -0.39 is 0 Å². The van der Waals surface area contributed by atoms with Crippen LogP contribution in [0.3, 0.4) is 0 Å². The molecule has 0 bridgehead atoms. The van der Waals surface area contributed by atoms with Crippen molar-refractivity contribution in [2.45, 2.75) is 18.4 Å². The van der Waals surface area contributed by atoms with Crippen molar-refractivity contribution in [2.24, 2.45) is 4.99 Å². The van der Waals surface area contributed by atoms with Gasteiger partial charge in [-0.15, -0.1) is 11.3 Å². The Morgan fingerprint density at radius 2 is 2.22 bits per heavy atom. The van der Waals surface area contributed by atoms with E-state index in [1.807, 2.05) is 24.8 Å². The summed E-state index contributed by atoms with van der Waals surface area (Å²) in [6.07, 6.45) is 0. The number of aromatic nitrogens is 1. The van der Waals surface area contributed by atoms with Gasteiger partial charge in [-0.2, -0.15) is 0 Å². The standard InChI is InChI=1S/C13H12N2S3/c1-9-14-11(7-16-9)8-18-13-15-12-5-3-2-4-10(12)6-17-13/h2-5,7H,6,8H2,1H3. The average Bonchev–Trinajstić information content (AvgIpc) is 2.82. The fourth-order valence-electron chi connectivity index (χ4n) is 1.70. The van der Waals surface area contributed by atoms with Gasteiger partial charge >= 0.3 is 0 Å².